The molecular formula is C16H20N4. The quantitative estimate of drug-likeness (QED) is 0.921. The van der Waals surface area contributed by atoms with Gasteiger partial charge in [0, 0.05) is 44.0 Å². The summed E-state index contributed by atoms with van der Waals surface area (Å²) < 4.78 is 0. The van der Waals surface area contributed by atoms with Crippen LogP contribution in [-0.2, 0) is 6.54 Å². The van der Waals surface area contributed by atoms with Crippen molar-refractivity contribution in [3.05, 3.63) is 59.7 Å². The van der Waals surface area contributed by atoms with Gasteiger partial charge in [0.25, 0.3) is 0 Å². The van der Waals surface area contributed by atoms with Crippen molar-refractivity contribution in [2.75, 3.05) is 13.1 Å². The summed E-state index contributed by atoms with van der Waals surface area (Å²) in [4.78, 5) is 11.1. The first-order chi connectivity index (χ1) is 9.72. The Kier molecular flexibility index (Phi) is 3.76. The molecule has 2 heterocycles. The molecule has 20 heavy (non-hydrogen) atoms. The minimum atomic E-state index is 0.191. The van der Waals surface area contributed by atoms with Crippen LogP contribution in [0.1, 0.15) is 22.9 Å². The summed E-state index contributed by atoms with van der Waals surface area (Å²) in [6.07, 6.45) is 3.68. The summed E-state index contributed by atoms with van der Waals surface area (Å²) in [5.74, 6) is 0.412. The Morgan fingerprint density at radius 3 is 2.65 bits per heavy atom. The van der Waals surface area contributed by atoms with E-state index in [9.17, 15) is 0 Å². The fourth-order valence-corrected chi connectivity index (χ4v) is 2.83. The van der Waals surface area contributed by atoms with Gasteiger partial charge in [0.2, 0.25) is 0 Å². The molecule has 1 aliphatic heterocycles. The zero-order valence-electron chi connectivity index (χ0n) is 11.7. The highest BCUT2D eigenvalue weighted by atomic mass is 15.2. The fraction of sp³-hybridized carbons (Fsp3) is 0.375. The molecule has 2 aromatic rings. The van der Waals surface area contributed by atoms with Gasteiger partial charge in [0.05, 0.1) is 11.4 Å². The molecule has 0 amide bonds. The smallest absolute Gasteiger partial charge is 0.0727 e. The van der Waals surface area contributed by atoms with E-state index in [0.29, 0.717) is 5.92 Å². The number of benzene rings is 1. The summed E-state index contributed by atoms with van der Waals surface area (Å²) in [5.41, 5.74) is 9.60. The zero-order chi connectivity index (χ0) is 13.9. The largest absolute Gasteiger partial charge is 0.326 e. The maximum atomic E-state index is 6.30. The summed E-state index contributed by atoms with van der Waals surface area (Å²) in [5, 5.41) is 0. The normalized spacial score (nSPS) is 23.1. The van der Waals surface area contributed by atoms with E-state index in [1.165, 1.54) is 5.56 Å². The third kappa shape index (κ3) is 2.86. The summed E-state index contributed by atoms with van der Waals surface area (Å²) >= 11 is 0. The van der Waals surface area contributed by atoms with Gasteiger partial charge >= 0.3 is 0 Å². The van der Waals surface area contributed by atoms with Gasteiger partial charge in [0.1, 0.15) is 0 Å². The first-order valence-corrected chi connectivity index (χ1v) is 7.03. The van der Waals surface area contributed by atoms with Crippen LogP contribution in [0.2, 0.25) is 0 Å². The van der Waals surface area contributed by atoms with E-state index in [1.54, 1.807) is 0 Å². The van der Waals surface area contributed by atoms with Crippen molar-refractivity contribution in [3.63, 3.8) is 0 Å². The van der Waals surface area contributed by atoms with Crippen molar-refractivity contribution < 1.29 is 0 Å². The number of nitrogens with two attached hydrogens (primary N) is 1. The second kappa shape index (κ2) is 5.69. The van der Waals surface area contributed by atoms with Crippen LogP contribution in [-0.4, -0.2) is 34.0 Å². The van der Waals surface area contributed by atoms with Crippen molar-refractivity contribution in [3.8, 4) is 0 Å². The maximum Gasteiger partial charge on any atom is 0.0727 e. The van der Waals surface area contributed by atoms with Crippen molar-refractivity contribution in [1.82, 2.24) is 14.9 Å². The van der Waals surface area contributed by atoms with Gasteiger partial charge in [-0.15, -0.1) is 0 Å². The molecule has 1 aromatic carbocycles. The Bertz CT molecular complexity index is 552. The lowest BCUT2D eigenvalue weighted by Crippen LogP contribution is -2.28. The number of rotatable bonds is 3. The molecule has 0 unspecified atom stereocenters. The van der Waals surface area contributed by atoms with Gasteiger partial charge in [-0.1, -0.05) is 30.3 Å². The SMILES string of the molecule is Cc1cnc(CN2C[C@@H](N)[C@H](c3ccccc3)C2)cn1. The van der Waals surface area contributed by atoms with E-state index in [1.807, 2.05) is 25.4 Å². The van der Waals surface area contributed by atoms with E-state index in [0.717, 1.165) is 31.0 Å². The Balaban J connectivity index is 1.68. The van der Waals surface area contributed by atoms with Crippen LogP contribution >= 0.6 is 0 Å². The molecule has 0 aliphatic carbocycles. The lowest BCUT2D eigenvalue weighted by molar-refractivity contribution is 0.319. The number of hydrogen-bond acceptors (Lipinski definition) is 4. The lowest BCUT2D eigenvalue weighted by Gasteiger charge is -2.15. The predicted octanol–water partition coefficient (Wildman–Crippen LogP) is 1.71. The second-order valence-corrected chi connectivity index (χ2v) is 5.52. The Morgan fingerprint density at radius 2 is 1.95 bits per heavy atom. The van der Waals surface area contributed by atoms with Crippen molar-refractivity contribution >= 4 is 0 Å². The molecule has 4 nitrogen and oxygen atoms in total. The highest BCUT2D eigenvalue weighted by Gasteiger charge is 2.31. The minimum absolute atomic E-state index is 0.191. The van der Waals surface area contributed by atoms with E-state index < -0.39 is 0 Å². The third-order valence-electron chi connectivity index (χ3n) is 3.89. The van der Waals surface area contributed by atoms with Gasteiger partial charge in [-0.25, -0.2) is 0 Å². The Morgan fingerprint density at radius 1 is 1.15 bits per heavy atom. The molecule has 2 atom stereocenters. The molecule has 1 aliphatic rings. The molecule has 4 heteroatoms. The van der Waals surface area contributed by atoms with E-state index in [4.69, 9.17) is 5.73 Å². The average Bonchev–Trinajstić information content (AvgIpc) is 2.83. The van der Waals surface area contributed by atoms with Gasteiger partial charge in [-0.2, -0.15) is 0 Å². The van der Waals surface area contributed by atoms with Crippen LogP contribution in [0.4, 0.5) is 0 Å². The van der Waals surface area contributed by atoms with Gasteiger partial charge in [0.15, 0.2) is 0 Å². The van der Waals surface area contributed by atoms with Crippen LogP contribution < -0.4 is 5.73 Å². The summed E-state index contributed by atoms with van der Waals surface area (Å²) in [6.45, 7) is 4.67. The van der Waals surface area contributed by atoms with Gasteiger partial charge in [-0.05, 0) is 12.5 Å². The lowest BCUT2D eigenvalue weighted by atomic mass is 9.95. The van der Waals surface area contributed by atoms with Crippen LogP contribution in [0.15, 0.2) is 42.7 Å². The van der Waals surface area contributed by atoms with Gasteiger partial charge in [-0.3, -0.25) is 14.9 Å². The van der Waals surface area contributed by atoms with Crippen LogP contribution in [0, 0.1) is 6.92 Å². The highest BCUT2D eigenvalue weighted by molar-refractivity contribution is 5.23. The number of aryl methyl sites for hydroxylation is 1. The van der Waals surface area contributed by atoms with Crippen molar-refractivity contribution in [2.24, 2.45) is 5.73 Å². The zero-order valence-corrected chi connectivity index (χ0v) is 11.7. The van der Waals surface area contributed by atoms with E-state index in [2.05, 4.69) is 39.1 Å². The Hall–Kier alpha value is -1.78. The monoisotopic (exact) mass is 268 g/mol. The molecule has 2 N–H and O–H groups in total. The first kappa shape index (κ1) is 13.2. The Labute approximate surface area is 119 Å². The van der Waals surface area contributed by atoms with Crippen molar-refractivity contribution in [2.45, 2.75) is 25.4 Å². The maximum absolute atomic E-state index is 6.30. The standard InChI is InChI=1S/C16H20N4/c1-12-7-19-14(8-18-12)9-20-10-15(16(17)11-20)13-5-3-2-4-6-13/h2-8,15-16H,9-11,17H2,1H3/t15-,16+/m0/s1. The van der Waals surface area contributed by atoms with Crippen LogP contribution in [0.25, 0.3) is 0 Å². The first-order valence-electron chi connectivity index (χ1n) is 7.03. The predicted molar refractivity (Wildman–Crippen MR) is 79.2 cm³/mol. The number of hydrogen-bond donors (Lipinski definition) is 1. The molecule has 0 spiro atoms. The molecule has 3 rings (SSSR count). The second-order valence-electron chi connectivity index (χ2n) is 5.52. The molecule has 1 aromatic heterocycles. The molecule has 0 radical (unpaired) electrons. The average molecular weight is 268 g/mol. The fourth-order valence-electron chi connectivity index (χ4n) is 2.83. The number of likely N-dealkylation sites (tertiary alicyclic amines) is 1. The minimum Gasteiger partial charge on any atom is -0.326 e. The molecule has 1 fully saturated rings. The molecular weight excluding hydrogens is 248 g/mol. The van der Waals surface area contributed by atoms with Crippen LogP contribution in [0.5, 0.6) is 0 Å². The molecule has 104 valence electrons. The number of aromatic nitrogens is 2. The van der Waals surface area contributed by atoms with Gasteiger partial charge < -0.3 is 5.73 Å². The van der Waals surface area contributed by atoms with E-state index >= 15 is 0 Å². The molecule has 0 saturated carbocycles. The highest BCUT2D eigenvalue weighted by Crippen LogP contribution is 2.26. The van der Waals surface area contributed by atoms with Crippen LogP contribution in [0.3, 0.4) is 0 Å². The number of nitrogens with zero attached hydrogens (tertiary/aromatic N) is 3. The van der Waals surface area contributed by atoms with Crippen molar-refractivity contribution in [1.29, 1.82) is 0 Å². The van der Waals surface area contributed by atoms with E-state index in [-0.39, 0.29) is 6.04 Å². The molecule has 1 saturated heterocycles. The topological polar surface area (TPSA) is 55.0 Å². The summed E-state index contributed by atoms with van der Waals surface area (Å²) in [7, 11) is 0. The molecule has 0 bridgehead atoms. The summed E-state index contributed by atoms with van der Waals surface area (Å²) in [6, 6.07) is 10.7. The third-order valence-corrected chi connectivity index (χ3v) is 3.89.